The van der Waals surface area contributed by atoms with Gasteiger partial charge < -0.3 is 15.2 Å². The minimum atomic E-state index is -0.958. The van der Waals surface area contributed by atoms with Crippen LogP contribution in [0.2, 0.25) is 0 Å². The van der Waals surface area contributed by atoms with E-state index in [4.69, 9.17) is 9.84 Å². The molecule has 0 aliphatic carbocycles. The number of carboxylic acid groups (broad SMARTS) is 1. The average Bonchev–Trinajstić information content (AvgIpc) is 2.56. The van der Waals surface area contributed by atoms with Gasteiger partial charge in [-0.3, -0.25) is 0 Å². The topological polar surface area (TPSA) is 86.0 Å². The highest BCUT2D eigenvalue weighted by molar-refractivity contribution is 5.67. The van der Waals surface area contributed by atoms with Crippen molar-refractivity contribution < 1.29 is 19.4 Å². The monoisotopic (exact) mass is 315 g/mol. The molecule has 2 rings (SSSR count). The lowest BCUT2D eigenvalue weighted by atomic mass is 10.2. The van der Waals surface area contributed by atoms with Crippen molar-refractivity contribution in [3.63, 3.8) is 0 Å². The number of aliphatic carboxylic acids is 1. The largest absolute Gasteiger partial charge is 0.497 e. The van der Waals surface area contributed by atoms with Gasteiger partial charge in [-0.15, -0.1) is 5.43 Å². The molecule has 0 spiro atoms. The van der Waals surface area contributed by atoms with Gasteiger partial charge in [-0.05, 0) is 53.6 Å². The Bertz CT molecular complexity index is 681. The first-order chi connectivity index (χ1) is 11.1. The van der Waals surface area contributed by atoms with Gasteiger partial charge in [-0.2, -0.15) is 0 Å². The molecule has 0 fully saturated rings. The summed E-state index contributed by atoms with van der Waals surface area (Å²) in [5.41, 5.74) is 5.52. The number of ether oxygens (including phenoxy) is 1. The second kappa shape index (κ2) is 7.79. The summed E-state index contributed by atoms with van der Waals surface area (Å²) in [7, 11) is 3.15. The molecule has 0 heterocycles. The summed E-state index contributed by atoms with van der Waals surface area (Å²) in [6.07, 6.45) is 0. The fourth-order valence-electron chi connectivity index (χ4n) is 1.91. The van der Waals surface area contributed by atoms with Crippen molar-refractivity contribution in [3.05, 3.63) is 48.5 Å². The molecule has 23 heavy (non-hydrogen) atoms. The highest BCUT2D eigenvalue weighted by Gasteiger charge is 2.12. The molecule has 120 valence electrons. The second-order valence-electron chi connectivity index (χ2n) is 4.69. The molecule has 2 aromatic rings. The molecular formula is C16H19N4O3+. The third-order valence-electron chi connectivity index (χ3n) is 3.05. The lowest BCUT2D eigenvalue weighted by molar-refractivity contribution is -0.554. The molecule has 0 amide bonds. The highest BCUT2D eigenvalue weighted by atomic mass is 16.5. The Morgan fingerprint density at radius 3 is 2.09 bits per heavy atom. The first kappa shape index (κ1) is 16.3. The summed E-state index contributed by atoms with van der Waals surface area (Å²) in [5, 5.41) is 15.9. The molecular weight excluding hydrogens is 296 g/mol. The maximum atomic E-state index is 10.7. The van der Waals surface area contributed by atoms with Crippen LogP contribution >= 0.6 is 0 Å². The van der Waals surface area contributed by atoms with Crippen LogP contribution < -0.4 is 15.5 Å². The zero-order valence-electron chi connectivity index (χ0n) is 13.0. The second-order valence-corrected chi connectivity index (χ2v) is 4.69. The van der Waals surface area contributed by atoms with Crippen LogP contribution in [0.1, 0.15) is 0 Å². The summed E-state index contributed by atoms with van der Waals surface area (Å²) in [6.45, 7) is -0.220. The molecule has 0 saturated heterocycles. The SMILES string of the molecule is CN=[N+](CC(=O)O)Nc1ccc(Nc2ccc(OC)cc2)cc1. The van der Waals surface area contributed by atoms with Gasteiger partial charge in [-0.25, -0.2) is 4.79 Å². The van der Waals surface area contributed by atoms with Crippen molar-refractivity contribution in [2.75, 3.05) is 31.4 Å². The summed E-state index contributed by atoms with van der Waals surface area (Å²) in [6, 6.07) is 15.1. The fourth-order valence-corrected chi connectivity index (χ4v) is 1.91. The first-order valence-corrected chi connectivity index (χ1v) is 6.97. The smallest absolute Gasteiger partial charge is 0.375 e. The van der Waals surface area contributed by atoms with E-state index in [1.165, 1.54) is 11.9 Å². The Hall–Kier alpha value is -3.09. The van der Waals surface area contributed by atoms with Crippen molar-refractivity contribution in [3.8, 4) is 5.75 Å². The third-order valence-corrected chi connectivity index (χ3v) is 3.05. The van der Waals surface area contributed by atoms with E-state index in [1.807, 2.05) is 48.5 Å². The molecule has 0 aromatic heterocycles. The number of hydrogen-bond acceptors (Lipinski definition) is 4. The summed E-state index contributed by atoms with van der Waals surface area (Å²) >= 11 is 0. The number of benzene rings is 2. The van der Waals surface area contributed by atoms with E-state index < -0.39 is 5.97 Å². The standard InChI is InChI=1S/C16H18N4O3/c1-17-20(11-16(21)22)19-14-5-3-12(4-6-14)18-13-7-9-15(23-2)10-8-13/h3-10,17H,11H2,1-2H3,(H,21,22)/p+1. The number of hydrogen-bond donors (Lipinski definition) is 3. The van der Waals surface area contributed by atoms with E-state index in [0.29, 0.717) is 0 Å². The van der Waals surface area contributed by atoms with E-state index in [9.17, 15) is 4.79 Å². The van der Waals surface area contributed by atoms with E-state index in [2.05, 4.69) is 15.9 Å². The van der Waals surface area contributed by atoms with Crippen LogP contribution in [0.15, 0.2) is 53.6 Å². The van der Waals surface area contributed by atoms with Crippen LogP contribution in [0.5, 0.6) is 5.75 Å². The van der Waals surface area contributed by atoms with Crippen molar-refractivity contribution in [1.82, 2.24) is 0 Å². The van der Waals surface area contributed by atoms with Crippen molar-refractivity contribution >= 4 is 23.0 Å². The van der Waals surface area contributed by atoms with E-state index in [-0.39, 0.29) is 6.54 Å². The summed E-state index contributed by atoms with van der Waals surface area (Å²) < 4.78 is 5.12. The van der Waals surface area contributed by atoms with Crippen molar-refractivity contribution in [2.45, 2.75) is 0 Å². The number of hydrazine groups is 1. The summed E-state index contributed by atoms with van der Waals surface area (Å²) in [5.74, 6) is -0.155. The molecule has 2 aromatic carbocycles. The number of nitrogens with zero attached hydrogens (tertiary/aromatic N) is 2. The molecule has 0 bridgehead atoms. The molecule has 0 radical (unpaired) electrons. The number of azo groups is 1. The zero-order valence-corrected chi connectivity index (χ0v) is 13.0. The highest BCUT2D eigenvalue weighted by Crippen LogP contribution is 2.21. The minimum absolute atomic E-state index is 0.220. The van der Waals surface area contributed by atoms with Crippen LogP contribution in [0.25, 0.3) is 0 Å². The van der Waals surface area contributed by atoms with Gasteiger partial charge in [0, 0.05) is 16.2 Å². The number of carboxylic acids is 1. The molecule has 0 aliphatic rings. The summed E-state index contributed by atoms with van der Waals surface area (Å²) in [4.78, 5) is 12.0. The van der Waals surface area contributed by atoms with E-state index in [1.54, 1.807) is 7.11 Å². The van der Waals surface area contributed by atoms with Crippen LogP contribution in [0.4, 0.5) is 17.1 Å². The van der Waals surface area contributed by atoms with E-state index >= 15 is 0 Å². The van der Waals surface area contributed by atoms with Crippen molar-refractivity contribution in [2.24, 2.45) is 5.11 Å². The molecule has 3 N–H and O–H groups in total. The number of methoxy groups -OCH3 is 1. The van der Waals surface area contributed by atoms with Gasteiger partial charge in [0.2, 0.25) is 0 Å². The first-order valence-electron chi connectivity index (χ1n) is 6.97. The molecule has 0 saturated carbocycles. The average molecular weight is 315 g/mol. The Balaban J connectivity index is 1.99. The van der Waals surface area contributed by atoms with Crippen molar-refractivity contribution in [1.29, 1.82) is 0 Å². The number of anilines is 3. The fraction of sp³-hybridized carbons (Fsp3) is 0.188. The normalized spacial score (nSPS) is 11.0. The van der Waals surface area contributed by atoms with E-state index in [0.717, 1.165) is 22.8 Å². The van der Waals surface area contributed by atoms with Gasteiger partial charge in [-0.1, -0.05) is 0 Å². The molecule has 0 aliphatic heterocycles. The third kappa shape index (κ3) is 4.99. The molecule has 0 atom stereocenters. The van der Waals surface area contributed by atoms with Crippen LogP contribution in [0.3, 0.4) is 0 Å². The Morgan fingerprint density at radius 2 is 1.61 bits per heavy atom. The number of rotatable bonds is 7. The van der Waals surface area contributed by atoms with Gasteiger partial charge in [0.05, 0.1) is 19.8 Å². The van der Waals surface area contributed by atoms with Gasteiger partial charge in [0.1, 0.15) is 5.75 Å². The van der Waals surface area contributed by atoms with Gasteiger partial charge >= 0.3 is 5.97 Å². The van der Waals surface area contributed by atoms with Gasteiger partial charge in [0.25, 0.3) is 6.54 Å². The minimum Gasteiger partial charge on any atom is -0.497 e. The number of nitrogens with one attached hydrogen (secondary N) is 2. The van der Waals surface area contributed by atoms with Crippen LogP contribution in [-0.4, -0.2) is 36.6 Å². The Kier molecular flexibility index (Phi) is 5.51. The molecule has 7 heteroatoms. The lowest BCUT2D eigenvalue weighted by Crippen LogP contribution is -2.24. The lowest BCUT2D eigenvalue weighted by Gasteiger charge is -2.08. The molecule has 7 nitrogen and oxygen atoms in total. The van der Waals surface area contributed by atoms with Crippen LogP contribution in [-0.2, 0) is 4.79 Å². The Labute approximate surface area is 134 Å². The quantitative estimate of drug-likeness (QED) is 0.415. The zero-order chi connectivity index (χ0) is 16.7. The maximum Gasteiger partial charge on any atom is 0.375 e. The molecule has 0 unspecified atom stereocenters. The Morgan fingerprint density at radius 1 is 1.09 bits per heavy atom. The number of carbonyl (C=O) groups is 1. The maximum absolute atomic E-state index is 10.7. The predicted octanol–water partition coefficient (Wildman–Crippen LogP) is 2.94. The van der Waals surface area contributed by atoms with Gasteiger partial charge in [0.15, 0.2) is 0 Å². The van der Waals surface area contributed by atoms with Crippen LogP contribution in [0, 0.1) is 0 Å². The predicted molar refractivity (Wildman–Crippen MR) is 87.5 cm³/mol.